The molecule has 2 amide bonds. The van der Waals surface area contributed by atoms with Crippen molar-refractivity contribution in [3.63, 3.8) is 0 Å². The number of likely N-dealkylation sites (tertiary alicyclic amines) is 1. The van der Waals surface area contributed by atoms with Crippen molar-refractivity contribution in [2.75, 3.05) is 42.6 Å². The Morgan fingerprint density at radius 2 is 1.76 bits per heavy atom. The third-order valence-electron chi connectivity index (χ3n) is 9.69. The van der Waals surface area contributed by atoms with Crippen LogP contribution < -0.4 is 15.1 Å². The number of H-pyrrole nitrogens is 1. The van der Waals surface area contributed by atoms with E-state index in [1.54, 1.807) is 4.90 Å². The second-order valence-corrected chi connectivity index (χ2v) is 13.7. The fraction of sp³-hybridized carbons (Fsp3) is 0.417. The number of rotatable bonds is 6. The van der Waals surface area contributed by atoms with Gasteiger partial charge in [-0.3, -0.25) is 4.79 Å². The molecule has 3 N–H and O–H groups in total. The van der Waals surface area contributed by atoms with Gasteiger partial charge in [0.05, 0.1) is 42.9 Å². The largest absolute Gasteiger partial charge is 0.465 e. The summed E-state index contributed by atoms with van der Waals surface area (Å²) < 4.78 is 5.55. The van der Waals surface area contributed by atoms with Crippen LogP contribution in [0.5, 0.6) is 0 Å². The zero-order chi connectivity index (χ0) is 32.0. The van der Waals surface area contributed by atoms with Crippen LogP contribution in [-0.2, 0) is 16.1 Å². The predicted molar refractivity (Wildman–Crippen MR) is 178 cm³/mol. The van der Waals surface area contributed by atoms with Gasteiger partial charge in [0, 0.05) is 37.1 Å². The number of carbonyl (C=O) groups excluding carboxylic acids is 1. The average molecular weight is 623 g/mol. The Bertz CT molecular complexity index is 1730. The normalized spacial score (nSPS) is 23.6. The van der Waals surface area contributed by atoms with E-state index in [2.05, 4.69) is 54.2 Å². The number of carbonyl (C=O) groups is 2. The number of hydrogen-bond acceptors (Lipinski definition) is 6. The van der Waals surface area contributed by atoms with E-state index in [0.717, 1.165) is 46.6 Å². The van der Waals surface area contributed by atoms with Gasteiger partial charge in [0.2, 0.25) is 5.91 Å². The molecule has 46 heavy (non-hydrogen) atoms. The molecule has 0 saturated carbocycles. The van der Waals surface area contributed by atoms with E-state index in [-0.39, 0.29) is 23.4 Å². The number of aromatic amines is 1. The highest BCUT2D eigenvalue weighted by molar-refractivity contribution is 6.02. The molecule has 10 nitrogen and oxygen atoms in total. The Morgan fingerprint density at radius 1 is 1.02 bits per heavy atom. The molecule has 240 valence electrons. The summed E-state index contributed by atoms with van der Waals surface area (Å²) >= 11 is 0. The molecule has 4 heterocycles. The quantitative estimate of drug-likeness (QED) is 0.259. The Morgan fingerprint density at radius 3 is 2.50 bits per heavy atom. The van der Waals surface area contributed by atoms with Gasteiger partial charge in [0.1, 0.15) is 11.7 Å². The van der Waals surface area contributed by atoms with Gasteiger partial charge in [0.25, 0.3) is 0 Å². The van der Waals surface area contributed by atoms with E-state index in [4.69, 9.17) is 9.72 Å². The summed E-state index contributed by atoms with van der Waals surface area (Å²) in [6.45, 7) is 10.2. The van der Waals surface area contributed by atoms with Gasteiger partial charge >= 0.3 is 6.09 Å². The number of ether oxygens (including phenoxy) is 1. The molecule has 3 aliphatic heterocycles. The highest BCUT2D eigenvalue weighted by Crippen LogP contribution is 2.45. The number of nitrogens with zero attached hydrogens (tertiary/aromatic N) is 4. The minimum absolute atomic E-state index is 0.0482. The number of para-hydroxylation sites is 1. The highest BCUT2D eigenvalue weighted by Gasteiger charge is 2.49. The number of morpholine rings is 1. The van der Waals surface area contributed by atoms with Crippen LogP contribution in [0.2, 0.25) is 0 Å². The predicted octanol–water partition coefficient (Wildman–Crippen LogP) is 5.53. The first-order valence-electron chi connectivity index (χ1n) is 16.2. The Kier molecular flexibility index (Phi) is 7.94. The molecule has 0 spiro atoms. The summed E-state index contributed by atoms with van der Waals surface area (Å²) in [4.78, 5) is 41.5. The summed E-state index contributed by atoms with van der Waals surface area (Å²) in [7, 11) is 0. The molecule has 4 unspecified atom stereocenters. The lowest BCUT2D eigenvalue weighted by Gasteiger charge is -2.43. The number of imidazole rings is 1. The lowest BCUT2D eigenvalue weighted by molar-refractivity contribution is -0.121. The van der Waals surface area contributed by atoms with Crippen LogP contribution in [0.1, 0.15) is 56.1 Å². The third-order valence-corrected chi connectivity index (χ3v) is 9.69. The summed E-state index contributed by atoms with van der Waals surface area (Å²) in [5, 5.41) is 13.9. The fourth-order valence-electron chi connectivity index (χ4n) is 7.66. The van der Waals surface area contributed by atoms with Crippen molar-refractivity contribution in [3.05, 3.63) is 89.7 Å². The van der Waals surface area contributed by atoms with Gasteiger partial charge in [0.15, 0.2) is 0 Å². The van der Waals surface area contributed by atoms with Crippen molar-refractivity contribution < 1.29 is 19.4 Å². The number of amides is 2. The Labute approximate surface area is 269 Å². The molecule has 0 bridgehead atoms. The molecule has 2 saturated heterocycles. The molecule has 3 aromatic carbocycles. The van der Waals surface area contributed by atoms with Crippen molar-refractivity contribution in [1.82, 2.24) is 20.2 Å². The molecule has 3 aliphatic rings. The molecular weight excluding hydrogens is 580 g/mol. The zero-order valence-electron chi connectivity index (χ0n) is 26.6. The van der Waals surface area contributed by atoms with Crippen LogP contribution in [0, 0.1) is 5.41 Å². The number of nitrogens with one attached hydrogen (secondary N) is 2. The molecule has 4 atom stereocenters. The van der Waals surface area contributed by atoms with Crippen LogP contribution in [0.4, 0.5) is 16.2 Å². The summed E-state index contributed by atoms with van der Waals surface area (Å²) in [5.74, 6) is -0.102. The van der Waals surface area contributed by atoms with E-state index in [9.17, 15) is 14.7 Å². The van der Waals surface area contributed by atoms with Gasteiger partial charge in [-0.05, 0) is 47.2 Å². The minimum Gasteiger partial charge on any atom is -0.465 e. The van der Waals surface area contributed by atoms with E-state index in [1.165, 1.54) is 0 Å². The summed E-state index contributed by atoms with van der Waals surface area (Å²) in [5.41, 5.74) is 5.35. The van der Waals surface area contributed by atoms with E-state index in [1.807, 2.05) is 59.5 Å². The third kappa shape index (κ3) is 5.60. The second kappa shape index (κ2) is 12.1. The van der Waals surface area contributed by atoms with E-state index >= 15 is 0 Å². The number of benzene rings is 3. The maximum absolute atomic E-state index is 14.8. The fourth-order valence-corrected chi connectivity index (χ4v) is 7.66. The smallest absolute Gasteiger partial charge is 0.407 e. The van der Waals surface area contributed by atoms with Crippen molar-refractivity contribution >= 4 is 34.4 Å². The number of fused-ring (bicyclic) bond motifs is 2. The standard InChI is InChI=1S/C36H42N6O4/c1-36(2,3)32-27(15-16-41(32)35(44)45)37-31-25-11-7-8-12-29(25)42(22-23-9-5-4-6-10-23)34(43)30(31)33-38-26-14-13-24(21-28(26)39-33)40-17-19-46-20-18-40/h4-14,21,27,30-32,37H,15-20,22H2,1-3H3,(H,38,39)(H,44,45). The van der Waals surface area contributed by atoms with Crippen LogP contribution in [0.25, 0.3) is 11.0 Å². The van der Waals surface area contributed by atoms with Crippen molar-refractivity contribution in [3.8, 4) is 0 Å². The molecule has 2 fully saturated rings. The van der Waals surface area contributed by atoms with Gasteiger partial charge in [-0.25, -0.2) is 9.78 Å². The molecule has 0 radical (unpaired) electrons. The van der Waals surface area contributed by atoms with Gasteiger partial charge in [-0.15, -0.1) is 0 Å². The average Bonchev–Trinajstić information content (AvgIpc) is 3.68. The number of hydrogen-bond donors (Lipinski definition) is 3. The zero-order valence-corrected chi connectivity index (χ0v) is 26.6. The maximum atomic E-state index is 14.8. The summed E-state index contributed by atoms with van der Waals surface area (Å²) in [6.07, 6.45) is -0.256. The lowest BCUT2D eigenvalue weighted by atomic mass is 9.80. The molecule has 1 aromatic heterocycles. The highest BCUT2D eigenvalue weighted by atomic mass is 16.5. The van der Waals surface area contributed by atoms with Crippen LogP contribution >= 0.6 is 0 Å². The van der Waals surface area contributed by atoms with Gasteiger partial charge in [-0.1, -0.05) is 69.3 Å². The van der Waals surface area contributed by atoms with Crippen molar-refractivity contribution in [2.45, 2.75) is 57.8 Å². The topological polar surface area (TPSA) is 114 Å². The Hall–Kier alpha value is -4.41. The SMILES string of the molecule is CC(C)(C)C1C(NC2c3ccccc3N(Cc3ccccc3)C(=O)C2c2nc3cc(N4CCOCC4)ccc3[nH]2)CCN1C(=O)O. The van der Waals surface area contributed by atoms with Crippen molar-refractivity contribution in [2.24, 2.45) is 5.41 Å². The van der Waals surface area contributed by atoms with Gasteiger partial charge < -0.3 is 34.8 Å². The molecule has 4 aromatic rings. The monoisotopic (exact) mass is 622 g/mol. The van der Waals surface area contributed by atoms with E-state index in [0.29, 0.717) is 38.5 Å². The number of carboxylic acid groups (broad SMARTS) is 1. The minimum atomic E-state index is -0.914. The molecular formula is C36H42N6O4. The lowest BCUT2D eigenvalue weighted by Crippen LogP contribution is -2.54. The maximum Gasteiger partial charge on any atom is 0.407 e. The van der Waals surface area contributed by atoms with Crippen LogP contribution in [0.15, 0.2) is 72.8 Å². The summed E-state index contributed by atoms with van der Waals surface area (Å²) in [6, 6.07) is 23.5. The van der Waals surface area contributed by atoms with Crippen molar-refractivity contribution in [1.29, 1.82) is 0 Å². The van der Waals surface area contributed by atoms with E-state index < -0.39 is 18.1 Å². The Balaban J connectivity index is 1.32. The molecule has 0 aliphatic carbocycles. The number of aromatic nitrogens is 2. The molecule has 7 rings (SSSR count). The first kappa shape index (κ1) is 30.3. The van der Waals surface area contributed by atoms with Gasteiger partial charge in [-0.2, -0.15) is 0 Å². The van der Waals surface area contributed by atoms with Crippen LogP contribution in [-0.4, -0.2) is 76.9 Å². The first-order chi connectivity index (χ1) is 22.2. The first-order valence-corrected chi connectivity index (χ1v) is 16.2. The number of anilines is 2. The van der Waals surface area contributed by atoms with Crippen LogP contribution in [0.3, 0.4) is 0 Å². The molecule has 10 heteroatoms. The second-order valence-electron chi connectivity index (χ2n) is 13.7.